The van der Waals surface area contributed by atoms with Crippen molar-refractivity contribution in [3.8, 4) is 11.5 Å². The zero-order valence-corrected chi connectivity index (χ0v) is 11.2. The molecule has 0 radical (unpaired) electrons. The summed E-state index contributed by atoms with van der Waals surface area (Å²) in [6.45, 7) is 1.86. The number of amidine groups is 1. The second kappa shape index (κ2) is 5.91. The van der Waals surface area contributed by atoms with Crippen molar-refractivity contribution in [2.45, 2.75) is 6.92 Å². The van der Waals surface area contributed by atoms with Gasteiger partial charge in [-0.1, -0.05) is 17.3 Å². The van der Waals surface area contributed by atoms with Crippen molar-refractivity contribution in [2.75, 3.05) is 0 Å². The van der Waals surface area contributed by atoms with E-state index in [0.29, 0.717) is 17.1 Å². The summed E-state index contributed by atoms with van der Waals surface area (Å²) in [5.74, 6) is 0.544. The molecule has 0 spiro atoms. The van der Waals surface area contributed by atoms with Crippen molar-refractivity contribution in [1.82, 2.24) is 0 Å². The molecule has 108 valence electrons. The molecule has 0 amide bonds. The van der Waals surface area contributed by atoms with Crippen molar-refractivity contribution in [1.29, 1.82) is 0 Å². The van der Waals surface area contributed by atoms with E-state index >= 15 is 0 Å². The van der Waals surface area contributed by atoms with Gasteiger partial charge in [-0.2, -0.15) is 0 Å². The third kappa shape index (κ3) is 3.27. The Morgan fingerprint density at radius 2 is 2.10 bits per heavy atom. The first kappa shape index (κ1) is 14.3. The summed E-state index contributed by atoms with van der Waals surface area (Å²) in [4.78, 5) is 10.3. The van der Waals surface area contributed by atoms with Crippen LogP contribution in [0.1, 0.15) is 11.1 Å². The van der Waals surface area contributed by atoms with Crippen LogP contribution in [-0.4, -0.2) is 16.0 Å². The predicted molar refractivity (Wildman–Crippen MR) is 76.9 cm³/mol. The first-order valence-electron chi connectivity index (χ1n) is 6.02. The number of nitrogens with zero attached hydrogens (tertiary/aromatic N) is 2. The zero-order chi connectivity index (χ0) is 15.4. The van der Waals surface area contributed by atoms with E-state index in [1.807, 2.05) is 6.92 Å². The number of nitrogens with two attached hydrogens (primary N) is 1. The molecule has 2 aromatic rings. The Morgan fingerprint density at radius 3 is 2.76 bits per heavy atom. The van der Waals surface area contributed by atoms with Crippen molar-refractivity contribution in [3.05, 3.63) is 63.7 Å². The molecule has 2 rings (SSSR count). The van der Waals surface area contributed by atoms with Gasteiger partial charge in [-0.25, -0.2) is 0 Å². The highest BCUT2D eigenvalue weighted by atomic mass is 16.6. The van der Waals surface area contributed by atoms with Gasteiger partial charge >= 0.3 is 0 Å². The average molecular weight is 287 g/mol. The Bertz CT molecular complexity index is 713. The maximum atomic E-state index is 10.8. The minimum Gasteiger partial charge on any atom is -0.456 e. The average Bonchev–Trinajstić information content (AvgIpc) is 2.47. The largest absolute Gasteiger partial charge is 0.456 e. The maximum Gasteiger partial charge on any atom is 0.273 e. The van der Waals surface area contributed by atoms with E-state index in [9.17, 15) is 10.1 Å². The van der Waals surface area contributed by atoms with Gasteiger partial charge in [0.2, 0.25) is 0 Å². The Labute approximate surface area is 120 Å². The van der Waals surface area contributed by atoms with Gasteiger partial charge in [0.25, 0.3) is 5.69 Å². The molecule has 0 aliphatic heterocycles. The Kier molecular flexibility index (Phi) is 4.03. The van der Waals surface area contributed by atoms with E-state index in [4.69, 9.17) is 15.7 Å². The highest BCUT2D eigenvalue weighted by molar-refractivity contribution is 5.99. The van der Waals surface area contributed by atoms with Crippen LogP contribution in [0, 0.1) is 17.0 Å². The van der Waals surface area contributed by atoms with Gasteiger partial charge in [-0.05, 0) is 30.7 Å². The molecule has 0 saturated carbocycles. The third-order valence-electron chi connectivity index (χ3n) is 2.78. The smallest absolute Gasteiger partial charge is 0.273 e. The summed E-state index contributed by atoms with van der Waals surface area (Å²) in [5, 5.41) is 22.5. The Morgan fingerprint density at radius 1 is 1.33 bits per heavy atom. The van der Waals surface area contributed by atoms with Crippen LogP contribution in [0.5, 0.6) is 11.5 Å². The van der Waals surface area contributed by atoms with Crippen molar-refractivity contribution >= 4 is 11.5 Å². The second-order valence-corrected chi connectivity index (χ2v) is 4.34. The van der Waals surface area contributed by atoms with Gasteiger partial charge in [-0.3, -0.25) is 10.1 Å². The monoisotopic (exact) mass is 287 g/mol. The Balaban J connectivity index is 2.41. The molecule has 0 aliphatic carbocycles. The molecule has 0 atom stereocenters. The number of hydrogen-bond acceptors (Lipinski definition) is 5. The molecule has 0 bridgehead atoms. The maximum absolute atomic E-state index is 10.8. The lowest BCUT2D eigenvalue weighted by Gasteiger charge is -2.11. The molecule has 0 aliphatic rings. The van der Waals surface area contributed by atoms with Crippen LogP contribution < -0.4 is 10.5 Å². The molecule has 2 aromatic carbocycles. The molecule has 0 fully saturated rings. The number of rotatable bonds is 4. The van der Waals surface area contributed by atoms with E-state index in [-0.39, 0.29) is 11.5 Å². The zero-order valence-electron chi connectivity index (χ0n) is 11.2. The van der Waals surface area contributed by atoms with Crippen LogP contribution in [0.3, 0.4) is 0 Å². The number of aryl methyl sites for hydroxylation is 1. The molecule has 7 nitrogen and oxygen atoms in total. The minimum atomic E-state index is -0.506. The van der Waals surface area contributed by atoms with Crippen LogP contribution >= 0.6 is 0 Å². The highest BCUT2D eigenvalue weighted by Gasteiger charge is 2.12. The van der Waals surface area contributed by atoms with E-state index in [2.05, 4.69) is 5.16 Å². The number of nitro benzene ring substituents is 1. The molecule has 3 N–H and O–H groups in total. The van der Waals surface area contributed by atoms with Crippen LogP contribution in [0.15, 0.2) is 47.6 Å². The van der Waals surface area contributed by atoms with Crippen LogP contribution in [0.4, 0.5) is 5.69 Å². The molecule has 0 heterocycles. The summed E-state index contributed by atoms with van der Waals surface area (Å²) in [6.07, 6.45) is 0. The van der Waals surface area contributed by atoms with Crippen LogP contribution in [0.2, 0.25) is 0 Å². The van der Waals surface area contributed by atoms with Gasteiger partial charge in [0.15, 0.2) is 5.84 Å². The summed E-state index contributed by atoms with van der Waals surface area (Å²) in [5.41, 5.74) is 6.82. The number of ether oxygens (including phenoxy) is 1. The summed E-state index contributed by atoms with van der Waals surface area (Å²) in [6, 6.07) is 10.9. The molecule has 0 saturated heterocycles. The van der Waals surface area contributed by atoms with Gasteiger partial charge in [0.1, 0.15) is 11.5 Å². The van der Waals surface area contributed by atoms with Gasteiger partial charge in [-0.15, -0.1) is 0 Å². The lowest BCUT2D eigenvalue weighted by molar-refractivity contribution is -0.384. The highest BCUT2D eigenvalue weighted by Crippen LogP contribution is 2.28. The Hall–Kier alpha value is -3.09. The first-order chi connectivity index (χ1) is 10.0. The fourth-order valence-electron chi connectivity index (χ4n) is 1.77. The fourth-order valence-corrected chi connectivity index (χ4v) is 1.77. The lowest BCUT2D eigenvalue weighted by Crippen LogP contribution is -2.14. The lowest BCUT2D eigenvalue weighted by atomic mass is 10.1. The third-order valence-corrected chi connectivity index (χ3v) is 2.78. The summed E-state index contributed by atoms with van der Waals surface area (Å²) < 4.78 is 5.63. The van der Waals surface area contributed by atoms with Gasteiger partial charge < -0.3 is 15.7 Å². The molecule has 21 heavy (non-hydrogen) atoms. The van der Waals surface area contributed by atoms with Crippen LogP contribution in [-0.2, 0) is 0 Å². The van der Waals surface area contributed by atoms with E-state index in [0.717, 1.165) is 5.56 Å². The van der Waals surface area contributed by atoms with E-state index < -0.39 is 4.92 Å². The molecular weight excluding hydrogens is 274 g/mol. The number of hydrogen-bond donors (Lipinski definition) is 2. The number of benzene rings is 2. The molecule has 7 heteroatoms. The standard InChI is InChI=1S/C14H13N3O4/c1-9-5-6-12(14(15)16-18)13(7-9)21-11-4-2-3-10(8-11)17(19)20/h2-8,18H,1H3,(H2,15,16). The van der Waals surface area contributed by atoms with Crippen molar-refractivity contribution in [2.24, 2.45) is 10.9 Å². The minimum absolute atomic E-state index is 0.0782. The molecule has 0 aromatic heterocycles. The quantitative estimate of drug-likeness (QED) is 0.295. The molecular formula is C14H13N3O4. The van der Waals surface area contributed by atoms with Crippen LogP contribution in [0.25, 0.3) is 0 Å². The number of nitro groups is 1. The fraction of sp³-hybridized carbons (Fsp3) is 0.0714. The summed E-state index contributed by atoms with van der Waals surface area (Å²) >= 11 is 0. The van der Waals surface area contributed by atoms with E-state index in [1.165, 1.54) is 18.2 Å². The number of oxime groups is 1. The van der Waals surface area contributed by atoms with E-state index in [1.54, 1.807) is 24.3 Å². The topological polar surface area (TPSA) is 111 Å². The van der Waals surface area contributed by atoms with Gasteiger partial charge in [0.05, 0.1) is 16.6 Å². The number of non-ortho nitro benzene ring substituents is 1. The predicted octanol–water partition coefficient (Wildman–Crippen LogP) is 2.79. The molecule has 0 unspecified atom stereocenters. The normalized spacial score (nSPS) is 11.2. The SMILES string of the molecule is Cc1ccc(C(N)=NO)c(Oc2cccc([N+](=O)[O-])c2)c1. The van der Waals surface area contributed by atoms with Crippen molar-refractivity contribution in [3.63, 3.8) is 0 Å². The summed E-state index contributed by atoms with van der Waals surface area (Å²) in [7, 11) is 0. The van der Waals surface area contributed by atoms with Gasteiger partial charge in [0, 0.05) is 6.07 Å². The first-order valence-corrected chi connectivity index (χ1v) is 6.02. The second-order valence-electron chi connectivity index (χ2n) is 4.34. The van der Waals surface area contributed by atoms with Crippen molar-refractivity contribution < 1.29 is 14.9 Å².